The number of pyridine rings is 1. The molecular formula is C24H26N2O5. The van der Waals surface area contributed by atoms with Gasteiger partial charge in [0.25, 0.3) is 5.56 Å². The second kappa shape index (κ2) is 9.84. The molecule has 0 saturated carbocycles. The Morgan fingerprint density at radius 1 is 1.13 bits per heavy atom. The molecule has 0 amide bonds. The lowest BCUT2D eigenvalue weighted by molar-refractivity contribution is -0.150. The van der Waals surface area contributed by atoms with Gasteiger partial charge in [0.05, 0.1) is 25.6 Å². The quantitative estimate of drug-likeness (QED) is 0.526. The number of carbonyl (C=O) groups is 1. The van der Waals surface area contributed by atoms with Gasteiger partial charge in [-0.05, 0) is 56.3 Å². The summed E-state index contributed by atoms with van der Waals surface area (Å²) >= 11 is 0. The molecule has 0 aliphatic heterocycles. The van der Waals surface area contributed by atoms with E-state index in [1.165, 1.54) is 0 Å². The van der Waals surface area contributed by atoms with Gasteiger partial charge in [-0.1, -0.05) is 12.6 Å². The molecule has 0 aliphatic rings. The highest BCUT2D eigenvalue weighted by Gasteiger charge is 2.17. The van der Waals surface area contributed by atoms with Crippen LogP contribution in [0.1, 0.15) is 13.8 Å². The first-order valence-corrected chi connectivity index (χ1v) is 9.97. The predicted octanol–water partition coefficient (Wildman–Crippen LogP) is 3.97. The zero-order valence-corrected chi connectivity index (χ0v) is 17.9. The van der Waals surface area contributed by atoms with E-state index in [1.54, 1.807) is 56.0 Å². The topological polar surface area (TPSA) is 78.8 Å². The summed E-state index contributed by atoms with van der Waals surface area (Å²) in [7, 11) is 1.61. The standard InChI is InChI=1S/C24H26N2O5/c1-5-30-24(28)17(3)31-22-8-6-7-21-20(22)13-14-26(23(21)27)15-16(2)25-18-9-11-19(29-4)12-10-18/h6-14,17,25H,2,5,15H2,1,3-4H3. The second-order valence-electron chi connectivity index (χ2n) is 6.94. The highest BCUT2D eigenvalue weighted by molar-refractivity contribution is 5.88. The number of hydrogen-bond donors (Lipinski definition) is 1. The summed E-state index contributed by atoms with van der Waals surface area (Å²) in [4.78, 5) is 24.9. The molecule has 1 heterocycles. The Kier molecular flexibility index (Phi) is 6.97. The molecule has 2 aromatic carbocycles. The molecule has 0 radical (unpaired) electrons. The first kappa shape index (κ1) is 22.0. The lowest BCUT2D eigenvalue weighted by Gasteiger charge is -2.16. The molecule has 7 nitrogen and oxygen atoms in total. The average Bonchev–Trinajstić information content (AvgIpc) is 2.76. The van der Waals surface area contributed by atoms with Gasteiger partial charge in [-0.2, -0.15) is 0 Å². The molecule has 0 fully saturated rings. The molecule has 1 atom stereocenters. The van der Waals surface area contributed by atoms with Crippen LogP contribution in [0.15, 0.2) is 71.8 Å². The van der Waals surface area contributed by atoms with E-state index in [0.29, 0.717) is 28.8 Å². The van der Waals surface area contributed by atoms with Gasteiger partial charge in [0, 0.05) is 23.0 Å². The van der Waals surface area contributed by atoms with Crippen LogP contribution in [0.3, 0.4) is 0 Å². The monoisotopic (exact) mass is 422 g/mol. The number of ether oxygens (including phenoxy) is 3. The molecule has 0 aliphatic carbocycles. The number of carbonyl (C=O) groups excluding carboxylic acids is 1. The maximum Gasteiger partial charge on any atom is 0.347 e. The van der Waals surface area contributed by atoms with E-state index < -0.39 is 12.1 Å². The maximum absolute atomic E-state index is 13.0. The Hall–Kier alpha value is -3.74. The molecule has 0 spiro atoms. The number of nitrogens with one attached hydrogen (secondary N) is 1. The molecule has 0 bridgehead atoms. The average molecular weight is 422 g/mol. The van der Waals surface area contributed by atoms with Crippen molar-refractivity contribution in [3.05, 3.63) is 77.4 Å². The zero-order chi connectivity index (χ0) is 22.4. The number of nitrogens with zero attached hydrogens (tertiary/aromatic N) is 1. The van der Waals surface area contributed by atoms with Gasteiger partial charge in [0.1, 0.15) is 11.5 Å². The summed E-state index contributed by atoms with van der Waals surface area (Å²) in [5, 5.41) is 4.32. The van der Waals surface area contributed by atoms with Crippen molar-refractivity contribution in [1.82, 2.24) is 4.57 Å². The van der Waals surface area contributed by atoms with E-state index in [2.05, 4.69) is 11.9 Å². The first-order chi connectivity index (χ1) is 14.9. The third kappa shape index (κ3) is 5.25. The van der Waals surface area contributed by atoms with Crippen LogP contribution in [0.4, 0.5) is 5.69 Å². The fourth-order valence-corrected chi connectivity index (χ4v) is 3.14. The van der Waals surface area contributed by atoms with Crippen LogP contribution in [-0.2, 0) is 16.1 Å². The number of methoxy groups -OCH3 is 1. The van der Waals surface area contributed by atoms with E-state index >= 15 is 0 Å². The van der Waals surface area contributed by atoms with Gasteiger partial charge >= 0.3 is 5.97 Å². The van der Waals surface area contributed by atoms with Crippen molar-refractivity contribution in [2.45, 2.75) is 26.5 Å². The van der Waals surface area contributed by atoms with E-state index in [1.807, 2.05) is 24.3 Å². The number of rotatable bonds is 9. The minimum absolute atomic E-state index is 0.176. The van der Waals surface area contributed by atoms with Crippen LogP contribution >= 0.6 is 0 Å². The zero-order valence-electron chi connectivity index (χ0n) is 17.9. The molecule has 3 aromatic rings. The number of fused-ring (bicyclic) bond motifs is 1. The molecule has 3 rings (SSSR count). The summed E-state index contributed by atoms with van der Waals surface area (Å²) in [6.07, 6.45) is 0.912. The number of esters is 1. The minimum Gasteiger partial charge on any atom is -0.497 e. The summed E-state index contributed by atoms with van der Waals surface area (Å²) in [5.74, 6) is 0.767. The van der Waals surface area contributed by atoms with Crippen LogP contribution < -0.4 is 20.3 Å². The normalized spacial score (nSPS) is 11.6. The summed E-state index contributed by atoms with van der Waals surface area (Å²) in [5.41, 5.74) is 1.34. The highest BCUT2D eigenvalue weighted by Crippen LogP contribution is 2.24. The molecule has 7 heteroatoms. The fourth-order valence-electron chi connectivity index (χ4n) is 3.14. The number of hydrogen-bond acceptors (Lipinski definition) is 6. The number of aromatic nitrogens is 1. The molecule has 1 aromatic heterocycles. The highest BCUT2D eigenvalue weighted by atomic mass is 16.6. The Bertz CT molecular complexity index is 1130. The Morgan fingerprint density at radius 3 is 2.55 bits per heavy atom. The Labute approximate surface area is 180 Å². The number of allylic oxidation sites excluding steroid dienone is 1. The van der Waals surface area contributed by atoms with Crippen molar-refractivity contribution in [3.8, 4) is 11.5 Å². The van der Waals surface area contributed by atoms with Crippen molar-refractivity contribution in [3.63, 3.8) is 0 Å². The van der Waals surface area contributed by atoms with E-state index in [0.717, 1.165) is 11.4 Å². The molecule has 0 saturated heterocycles. The van der Waals surface area contributed by atoms with Crippen molar-refractivity contribution in [2.75, 3.05) is 19.0 Å². The van der Waals surface area contributed by atoms with Gasteiger partial charge in [0.15, 0.2) is 6.10 Å². The lowest BCUT2D eigenvalue weighted by atomic mass is 10.1. The lowest BCUT2D eigenvalue weighted by Crippen LogP contribution is -2.26. The van der Waals surface area contributed by atoms with Crippen LogP contribution in [0.5, 0.6) is 11.5 Å². The molecule has 1 N–H and O–H groups in total. The minimum atomic E-state index is -0.776. The number of benzene rings is 2. The van der Waals surface area contributed by atoms with Gasteiger partial charge in [-0.3, -0.25) is 4.79 Å². The van der Waals surface area contributed by atoms with Crippen LogP contribution in [-0.4, -0.2) is 30.4 Å². The van der Waals surface area contributed by atoms with Gasteiger partial charge in [-0.15, -0.1) is 0 Å². The fraction of sp³-hybridized carbons (Fsp3) is 0.250. The van der Waals surface area contributed by atoms with E-state index in [9.17, 15) is 9.59 Å². The summed E-state index contributed by atoms with van der Waals surface area (Å²) in [6.45, 7) is 7.96. The predicted molar refractivity (Wildman–Crippen MR) is 121 cm³/mol. The van der Waals surface area contributed by atoms with Gasteiger partial charge in [0.2, 0.25) is 0 Å². The Balaban J connectivity index is 1.78. The van der Waals surface area contributed by atoms with Crippen LogP contribution in [0, 0.1) is 0 Å². The van der Waals surface area contributed by atoms with Gasteiger partial charge in [-0.25, -0.2) is 4.79 Å². The van der Waals surface area contributed by atoms with E-state index in [-0.39, 0.29) is 12.2 Å². The first-order valence-electron chi connectivity index (χ1n) is 9.97. The van der Waals surface area contributed by atoms with Crippen LogP contribution in [0.25, 0.3) is 10.8 Å². The SMILES string of the molecule is C=C(Cn1ccc2c(OC(C)C(=O)OCC)cccc2c1=O)Nc1ccc(OC)cc1. The molecule has 31 heavy (non-hydrogen) atoms. The Morgan fingerprint density at radius 2 is 1.87 bits per heavy atom. The number of anilines is 1. The molecule has 162 valence electrons. The maximum atomic E-state index is 13.0. The van der Waals surface area contributed by atoms with Crippen molar-refractivity contribution in [1.29, 1.82) is 0 Å². The largest absolute Gasteiger partial charge is 0.497 e. The van der Waals surface area contributed by atoms with Crippen molar-refractivity contribution >= 4 is 22.4 Å². The second-order valence-corrected chi connectivity index (χ2v) is 6.94. The summed E-state index contributed by atoms with van der Waals surface area (Å²) in [6, 6.07) is 14.4. The molecule has 1 unspecified atom stereocenters. The van der Waals surface area contributed by atoms with Crippen LogP contribution in [0.2, 0.25) is 0 Å². The van der Waals surface area contributed by atoms with Gasteiger partial charge < -0.3 is 24.1 Å². The van der Waals surface area contributed by atoms with Crippen molar-refractivity contribution < 1.29 is 19.0 Å². The third-order valence-electron chi connectivity index (χ3n) is 4.67. The summed E-state index contributed by atoms with van der Waals surface area (Å²) < 4.78 is 17.5. The van der Waals surface area contributed by atoms with E-state index in [4.69, 9.17) is 14.2 Å². The smallest absolute Gasteiger partial charge is 0.347 e. The van der Waals surface area contributed by atoms with Crippen molar-refractivity contribution in [2.24, 2.45) is 0 Å². The third-order valence-corrected chi connectivity index (χ3v) is 4.67. The molecular weight excluding hydrogens is 396 g/mol.